The van der Waals surface area contributed by atoms with Crippen molar-refractivity contribution in [2.45, 2.75) is 56.8 Å². The van der Waals surface area contributed by atoms with E-state index < -0.39 is 24.3 Å². The Hall–Kier alpha value is -4.12. The van der Waals surface area contributed by atoms with Gasteiger partial charge in [-0.25, -0.2) is 4.98 Å². The van der Waals surface area contributed by atoms with E-state index in [1.807, 2.05) is 36.4 Å². The van der Waals surface area contributed by atoms with Gasteiger partial charge in [0.1, 0.15) is 11.8 Å². The van der Waals surface area contributed by atoms with Gasteiger partial charge < -0.3 is 26.0 Å². The number of aromatic nitrogens is 2. The summed E-state index contributed by atoms with van der Waals surface area (Å²) in [5.74, 6) is -1.06. The van der Waals surface area contributed by atoms with Crippen molar-refractivity contribution < 1.29 is 32.5 Å². The van der Waals surface area contributed by atoms with Gasteiger partial charge in [-0.2, -0.15) is 18.2 Å². The number of benzene rings is 2. The maximum atomic E-state index is 14.5. The van der Waals surface area contributed by atoms with Crippen LogP contribution in [0.5, 0.6) is 11.6 Å². The fraction of sp³-hybridized carbons (Fsp3) is 0.387. The molecule has 1 saturated carbocycles. The van der Waals surface area contributed by atoms with Crippen molar-refractivity contribution in [3.05, 3.63) is 71.9 Å². The molecule has 3 atom stereocenters. The molecule has 5 N–H and O–H groups in total. The van der Waals surface area contributed by atoms with E-state index in [0.717, 1.165) is 29.5 Å². The van der Waals surface area contributed by atoms with Gasteiger partial charge in [0, 0.05) is 11.6 Å². The molecule has 222 valence electrons. The number of carboxylic acids is 1. The van der Waals surface area contributed by atoms with Crippen LogP contribution >= 0.6 is 0 Å². The molecule has 1 fully saturated rings. The normalized spacial score (nSPS) is 18.6. The lowest BCUT2D eigenvalue weighted by Gasteiger charge is -2.25. The van der Waals surface area contributed by atoms with E-state index in [1.54, 1.807) is 12.1 Å². The van der Waals surface area contributed by atoms with Gasteiger partial charge in [0.05, 0.1) is 12.3 Å². The van der Waals surface area contributed by atoms with Crippen LogP contribution in [-0.4, -0.2) is 39.9 Å². The zero-order valence-electron chi connectivity index (χ0n) is 22.9. The van der Waals surface area contributed by atoms with Gasteiger partial charge in [-0.3, -0.25) is 4.79 Å². The van der Waals surface area contributed by atoms with E-state index in [9.17, 15) is 18.0 Å². The third-order valence-corrected chi connectivity index (χ3v) is 7.58. The monoisotopic (exact) mass is 582 g/mol. The molecule has 2 aromatic carbocycles. The average molecular weight is 583 g/mol. The quantitative estimate of drug-likeness (QED) is 0.244. The van der Waals surface area contributed by atoms with E-state index >= 15 is 0 Å². The molecule has 1 aromatic heterocycles. The molecule has 0 aliphatic heterocycles. The number of allylic oxidation sites excluding steroid dienone is 2. The molecule has 2 aliphatic carbocycles. The molecule has 0 saturated heterocycles. The first kappa shape index (κ1) is 29.4. The van der Waals surface area contributed by atoms with Crippen molar-refractivity contribution in [2.24, 2.45) is 17.6 Å². The molecule has 3 unspecified atom stereocenters. The minimum atomic E-state index is -4.79. The van der Waals surface area contributed by atoms with Crippen LogP contribution in [0.4, 0.5) is 19.1 Å². The highest BCUT2D eigenvalue weighted by molar-refractivity contribution is 5.73. The number of alkyl halides is 3. The first-order valence-corrected chi connectivity index (χ1v) is 13.9. The molecule has 5 rings (SSSR count). The summed E-state index contributed by atoms with van der Waals surface area (Å²) in [5, 5.41) is 9.08. The van der Waals surface area contributed by atoms with Gasteiger partial charge in [0.15, 0.2) is 0 Å². The van der Waals surface area contributed by atoms with Gasteiger partial charge in [-0.1, -0.05) is 48.5 Å². The lowest BCUT2D eigenvalue weighted by atomic mass is 9.84. The Labute approximate surface area is 241 Å². The second kappa shape index (κ2) is 12.4. The predicted octanol–water partition coefficient (Wildman–Crippen LogP) is 6.18. The Bertz CT molecular complexity index is 1440. The Kier molecular flexibility index (Phi) is 8.67. The van der Waals surface area contributed by atoms with Crippen molar-refractivity contribution in [1.82, 2.24) is 9.97 Å². The molecule has 8 nitrogen and oxygen atoms in total. The fourth-order valence-corrected chi connectivity index (χ4v) is 5.07. The van der Waals surface area contributed by atoms with Crippen LogP contribution in [0.2, 0.25) is 0 Å². The predicted molar refractivity (Wildman–Crippen MR) is 152 cm³/mol. The van der Waals surface area contributed by atoms with E-state index in [1.165, 1.54) is 12.1 Å². The van der Waals surface area contributed by atoms with Crippen LogP contribution in [0.3, 0.4) is 0 Å². The molecule has 3 aromatic rings. The van der Waals surface area contributed by atoms with Crippen molar-refractivity contribution in [3.63, 3.8) is 0 Å². The Morgan fingerprint density at radius 3 is 2.43 bits per heavy atom. The Balaban J connectivity index is 1.41. The van der Waals surface area contributed by atoms with Crippen molar-refractivity contribution in [1.29, 1.82) is 0 Å². The van der Waals surface area contributed by atoms with Gasteiger partial charge in [0.25, 0.3) is 0 Å². The standard InChI is InChI=1S/C31H33F3N4O4/c32-31(33,34)28(23-13-12-22(20-4-2-1-3-5-20)15-26(23)41-17-19-6-7-19)42-27-16-25(37-30(36)38-27)21-10-8-18(9-11-21)14-24(35)29(39)40/h1-5,10,12-13,15-16,18-19,24,28H,6-9,11,14,17,35H2,(H,39,40)(H2,36,37,38). The average Bonchev–Trinajstić information content (AvgIpc) is 3.79. The molecule has 42 heavy (non-hydrogen) atoms. The minimum absolute atomic E-state index is 0.0808. The van der Waals surface area contributed by atoms with Gasteiger partial charge in [0.2, 0.25) is 17.9 Å². The van der Waals surface area contributed by atoms with Crippen LogP contribution in [-0.2, 0) is 4.79 Å². The topological polar surface area (TPSA) is 134 Å². The SMILES string of the molecule is Nc1nc(OC(c2ccc(-c3ccccc3)cc2OCC2CC2)C(F)(F)F)cc(C2=CCC(CC(N)C(=O)O)CC2)n1. The number of rotatable bonds is 11. The van der Waals surface area contributed by atoms with Crippen LogP contribution in [0.15, 0.2) is 60.7 Å². The maximum absolute atomic E-state index is 14.5. The van der Waals surface area contributed by atoms with Crippen molar-refractivity contribution in [3.8, 4) is 22.8 Å². The summed E-state index contributed by atoms with van der Waals surface area (Å²) in [5.41, 5.74) is 14.1. The molecule has 0 spiro atoms. The van der Waals surface area contributed by atoms with Crippen LogP contribution in [0.1, 0.15) is 55.9 Å². The molecular weight excluding hydrogens is 549 g/mol. The number of nitrogens with zero attached hydrogens (tertiary/aromatic N) is 2. The first-order valence-electron chi connectivity index (χ1n) is 13.9. The van der Waals surface area contributed by atoms with Gasteiger partial charge >= 0.3 is 12.1 Å². The molecule has 11 heteroatoms. The number of anilines is 1. The number of aliphatic carboxylic acids is 1. The highest BCUT2D eigenvalue weighted by atomic mass is 19.4. The highest BCUT2D eigenvalue weighted by Crippen LogP contribution is 2.43. The summed E-state index contributed by atoms with van der Waals surface area (Å²) in [6, 6.07) is 14.4. The summed E-state index contributed by atoms with van der Waals surface area (Å²) >= 11 is 0. The van der Waals surface area contributed by atoms with Gasteiger partial charge in [-0.05, 0) is 73.1 Å². The zero-order chi connectivity index (χ0) is 29.9. The molecule has 0 amide bonds. The number of halogens is 3. The van der Waals surface area contributed by atoms with Gasteiger partial charge in [-0.15, -0.1) is 0 Å². The van der Waals surface area contributed by atoms with E-state index in [2.05, 4.69) is 9.97 Å². The molecule has 0 radical (unpaired) electrons. The summed E-state index contributed by atoms with van der Waals surface area (Å²) in [6.07, 6.45) is -1.19. The fourth-order valence-electron chi connectivity index (χ4n) is 5.07. The molecule has 2 aliphatic rings. The number of hydrogen-bond donors (Lipinski definition) is 3. The first-order chi connectivity index (χ1) is 20.1. The van der Waals surface area contributed by atoms with Crippen LogP contribution < -0.4 is 20.9 Å². The third-order valence-electron chi connectivity index (χ3n) is 7.58. The molecular formula is C31H33F3N4O4. The Morgan fingerprint density at radius 2 is 1.79 bits per heavy atom. The second-order valence-corrected chi connectivity index (χ2v) is 10.9. The smallest absolute Gasteiger partial charge is 0.429 e. The molecule has 0 bridgehead atoms. The van der Waals surface area contributed by atoms with Crippen LogP contribution in [0.25, 0.3) is 16.7 Å². The van der Waals surface area contributed by atoms with E-state index in [4.69, 9.17) is 26.0 Å². The zero-order valence-corrected chi connectivity index (χ0v) is 22.9. The number of hydrogen-bond acceptors (Lipinski definition) is 7. The third kappa shape index (κ3) is 7.39. The molecule has 1 heterocycles. The largest absolute Gasteiger partial charge is 0.493 e. The van der Waals surface area contributed by atoms with Crippen molar-refractivity contribution in [2.75, 3.05) is 12.3 Å². The number of nitrogen functional groups attached to an aromatic ring is 1. The number of carbonyl (C=O) groups is 1. The van der Waals surface area contributed by atoms with Crippen LogP contribution in [0, 0.1) is 11.8 Å². The van der Waals surface area contributed by atoms with E-state index in [-0.39, 0.29) is 29.1 Å². The summed E-state index contributed by atoms with van der Waals surface area (Å²) in [7, 11) is 0. The second-order valence-electron chi connectivity index (χ2n) is 10.9. The lowest BCUT2D eigenvalue weighted by molar-refractivity contribution is -0.199. The summed E-state index contributed by atoms with van der Waals surface area (Å²) in [4.78, 5) is 19.3. The number of carboxylic acid groups (broad SMARTS) is 1. The summed E-state index contributed by atoms with van der Waals surface area (Å²) < 4.78 is 55.1. The van der Waals surface area contributed by atoms with E-state index in [0.29, 0.717) is 43.9 Å². The minimum Gasteiger partial charge on any atom is -0.493 e. The summed E-state index contributed by atoms with van der Waals surface area (Å²) in [6.45, 7) is 0.326. The highest BCUT2D eigenvalue weighted by Gasteiger charge is 2.45. The number of ether oxygens (including phenoxy) is 2. The lowest BCUT2D eigenvalue weighted by Crippen LogP contribution is -2.32. The van der Waals surface area contributed by atoms with Crippen molar-refractivity contribution >= 4 is 17.5 Å². The maximum Gasteiger partial charge on any atom is 0.429 e. The Morgan fingerprint density at radius 1 is 1.02 bits per heavy atom. The number of nitrogens with two attached hydrogens (primary N) is 2.